The summed E-state index contributed by atoms with van der Waals surface area (Å²) in [5.41, 5.74) is 2.23. The summed E-state index contributed by atoms with van der Waals surface area (Å²) in [5.74, 6) is 3.02. The Morgan fingerprint density at radius 3 is 2.73 bits per heavy atom. The lowest BCUT2D eigenvalue weighted by molar-refractivity contribution is -0.135. The van der Waals surface area contributed by atoms with E-state index in [9.17, 15) is 4.79 Å². The molecule has 5 fully saturated rings. The number of hydrogen-bond donors (Lipinski definition) is 2. The molecular weight excluding hydrogens is 464 g/mol. The number of amides is 1. The summed E-state index contributed by atoms with van der Waals surface area (Å²) in [4.78, 5) is 27.9. The molecule has 5 heterocycles. The number of hydrogen-bond acceptors (Lipinski definition) is 7. The molecule has 5 aliphatic rings. The Morgan fingerprint density at radius 1 is 1.22 bits per heavy atom. The van der Waals surface area contributed by atoms with Crippen molar-refractivity contribution in [2.45, 2.75) is 89.3 Å². The van der Waals surface area contributed by atoms with Gasteiger partial charge in [-0.1, -0.05) is 33.1 Å². The summed E-state index contributed by atoms with van der Waals surface area (Å²) in [5, 5.41) is 11.8. The number of piperidine rings is 2. The van der Waals surface area contributed by atoms with Crippen LogP contribution in [0.5, 0.6) is 0 Å². The third-order valence-electron chi connectivity index (χ3n) is 9.94. The van der Waals surface area contributed by atoms with E-state index >= 15 is 0 Å². The summed E-state index contributed by atoms with van der Waals surface area (Å²) in [7, 11) is 4.27. The number of fused-ring (bicyclic) bond motifs is 3. The molecule has 9 nitrogen and oxygen atoms in total. The van der Waals surface area contributed by atoms with Crippen LogP contribution in [0.3, 0.4) is 0 Å². The Morgan fingerprint density at radius 2 is 2.03 bits per heavy atom. The maximum atomic E-state index is 12.8. The van der Waals surface area contributed by atoms with Gasteiger partial charge in [0.05, 0.1) is 17.9 Å². The first-order valence-corrected chi connectivity index (χ1v) is 14.6. The smallest absolute Gasteiger partial charge is 0.252 e. The number of imidazole rings is 1. The highest BCUT2D eigenvalue weighted by Crippen LogP contribution is 2.45. The molecule has 7 rings (SSSR count). The third-order valence-corrected chi connectivity index (χ3v) is 9.94. The molecule has 3 aliphatic heterocycles. The molecule has 2 bridgehead atoms. The molecule has 2 aromatic rings. The van der Waals surface area contributed by atoms with Crippen molar-refractivity contribution in [1.29, 1.82) is 0 Å². The van der Waals surface area contributed by atoms with E-state index < -0.39 is 0 Å². The number of aromatic nitrogens is 4. The molecule has 1 spiro atoms. The summed E-state index contributed by atoms with van der Waals surface area (Å²) >= 11 is 0. The zero-order valence-electron chi connectivity index (χ0n) is 23.0. The van der Waals surface area contributed by atoms with E-state index in [2.05, 4.69) is 41.3 Å². The van der Waals surface area contributed by atoms with Gasteiger partial charge in [-0.2, -0.15) is 10.1 Å². The number of carbonyl (C=O) groups excluding carboxylic acids is 1. The lowest BCUT2D eigenvalue weighted by Gasteiger charge is -2.46. The first-order chi connectivity index (χ1) is 17.9. The molecule has 3 unspecified atom stereocenters. The fraction of sp³-hybridized carbons (Fsp3) is 0.786. The highest BCUT2D eigenvalue weighted by atomic mass is 16.2. The average Bonchev–Trinajstić information content (AvgIpc) is 3.52. The fourth-order valence-electron chi connectivity index (χ4n) is 6.76. The molecule has 9 heteroatoms. The van der Waals surface area contributed by atoms with Crippen LogP contribution in [0.1, 0.15) is 82.6 Å². The predicted octanol–water partition coefficient (Wildman–Crippen LogP) is 2.95. The van der Waals surface area contributed by atoms with Gasteiger partial charge in [-0.15, -0.1) is 0 Å². The first kappa shape index (κ1) is 25.0. The Bertz CT molecular complexity index is 1140. The third kappa shape index (κ3) is 4.73. The zero-order valence-corrected chi connectivity index (χ0v) is 23.0. The summed E-state index contributed by atoms with van der Waals surface area (Å²) in [6.45, 7) is 7.53. The van der Waals surface area contributed by atoms with Gasteiger partial charge >= 0.3 is 0 Å². The van der Waals surface area contributed by atoms with Crippen molar-refractivity contribution in [3.05, 3.63) is 17.6 Å². The molecule has 2 aliphatic carbocycles. The maximum absolute atomic E-state index is 12.8. The molecule has 0 radical (unpaired) electrons. The summed E-state index contributed by atoms with van der Waals surface area (Å²) in [6, 6.07) is 0.581. The molecule has 202 valence electrons. The van der Waals surface area contributed by atoms with E-state index in [1.54, 1.807) is 0 Å². The number of nitrogens with one attached hydrogen (secondary N) is 2. The molecule has 2 saturated carbocycles. The average molecular weight is 509 g/mol. The second-order valence-corrected chi connectivity index (χ2v) is 12.4. The van der Waals surface area contributed by atoms with Gasteiger partial charge in [0.2, 0.25) is 5.91 Å². The zero-order chi connectivity index (χ0) is 25.7. The van der Waals surface area contributed by atoms with Crippen molar-refractivity contribution < 1.29 is 4.79 Å². The van der Waals surface area contributed by atoms with Crippen LogP contribution in [0.25, 0.3) is 5.78 Å². The van der Waals surface area contributed by atoms with Crippen LogP contribution in [0.2, 0.25) is 0 Å². The maximum Gasteiger partial charge on any atom is 0.252 e. The van der Waals surface area contributed by atoms with E-state index in [4.69, 9.17) is 15.1 Å². The first-order valence-electron chi connectivity index (χ1n) is 14.6. The lowest BCUT2D eigenvalue weighted by atomic mass is 9.67. The van der Waals surface area contributed by atoms with E-state index in [1.165, 1.54) is 32.1 Å². The van der Waals surface area contributed by atoms with E-state index in [1.807, 2.05) is 17.8 Å². The standard InChI is InChI=1S/C28H44N8O/c1-5-18(2)7-6-8-22(29-3)24-16-36-27(31-24)32-25(35-12-11-34(4)28(17-35)9-10-28)23(33-36)15-21-19-13-20(14-19)30-26(21)37/h16,18-22,29H,5-15,17H2,1-4H3,(H,30,37). The van der Waals surface area contributed by atoms with Gasteiger partial charge in [-0.25, -0.2) is 9.50 Å². The lowest BCUT2D eigenvalue weighted by Crippen LogP contribution is -2.58. The van der Waals surface area contributed by atoms with Crippen molar-refractivity contribution in [2.24, 2.45) is 17.8 Å². The van der Waals surface area contributed by atoms with Crippen molar-refractivity contribution >= 4 is 17.5 Å². The number of likely N-dealkylation sites (N-methyl/N-ethyl adjacent to an activating group) is 1. The summed E-state index contributed by atoms with van der Waals surface area (Å²) in [6.07, 6.45) is 12.1. The van der Waals surface area contributed by atoms with Gasteiger partial charge < -0.3 is 15.5 Å². The van der Waals surface area contributed by atoms with Gasteiger partial charge in [0, 0.05) is 43.6 Å². The van der Waals surface area contributed by atoms with Gasteiger partial charge in [0.25, 0.3) is 5.78 Å². The fourth-order valence-corrected chi connectivity index (χ4v) is 6.76. The minimum atomic E-state index is -0.00791. The monoisotopic (exact) mass is 508 g/mol. The van der Waals surface area contributed by atoms with Crippen LogP contribution in [-0.2, 0) is 11.2 Å². The molecule has 3 atom stereocenters. The van der Waals surface area contributed by atoms with Crippen LogP contribution < -0.4 is 15.5 Å². The molecule has 3 saturated heterocycles. The van der Waals surface area contributed by atoms with Crippen molar-refractivity contribution in [2.75, 3.05) is 38.6 Å². The minimum absolute atomic E-state index is 0.00791. The van der Waals surface area contributed by atoms with E-state index in [-0.39, 0.29) is 23.4 Å². The Kier molecular flexibility index (Phi) is 6.63. The largest absolute Gasteiger partial charge is 0.353 e. The topological polar surface area (TPSA) is 90.7 Å². The van der Waals surface area contributed by atoms with Crippen LogP contribution >= 0.6 is 0 Å². The number of carbonyl (C=O) groups is 1. The summed E-state index contributed by atoms with van der Waals surface area (Å²) < 4.78 is 1.86. The van der Waals surface area contributed by atoms with Gasteiger partial charge in [-0.05, 0) is 58.0 Å². The predicted molar refractivity (Wildman–Crippen MR) is 145 cm³/mol. The van der Waals surface area contributed by atoms with Gasteiger partial charge in [0.1, 0.15) is 5.69 Å². The second-order valence-electron chi connectivity index (χ2n) is 12.4. The number of nitrogens with zero attached hydrogens (tertiary/aromatic N) is 6. The van der Waals surface area contributed by atoms with Gasteiger partial charge in [0.15, 0.2) is 5.82 Å². The minimum Gasteiger partial charge on any atom is -0.353 e. The quantitative estimate of drug-likeness (QED) is 0.510. The second kappa shape index (κ2) is 9.80. The molecule has 37 heavy (non-hydrogen) atoms. The van der Waals surface area contributed by atoms with Crippen molar-refractivity contribution in [3.63, 3.8) is 0 Å². The number of anilines is 1. The Hall–Kier alpha value is -2.26. The Labute approximate surface area is 220 Å². The molecule has 0 aromatic carbocycles. The van der Waals surface area contributed by atoms with Crippen LogP contribution in [-0.4, -0.2) is 75.7 Å². The van der Waals surface area contributed by atoms with Crippen molar-refractivity contribution in [3.8, 4) is 0 Å². The molecule has 2 aromatic heterocycles. The Balaban J connectivity index is 1.30. The number of piperazine rings is 1. The highest BCUT2D eigenvalue weighted by Gasteiger charge is 2.50. The van der Waals surface area contributed by atoms with Crippen molar-refractivity contribution in [1.82, 2.24) is 35.1 Å². The molecular formula is C28H44N8O. The van der Waals surface area contributed by atoms with Crippen LogP contribution in [0, 0.1) is 17.8 Å². The highest BCUT2D eigenvalue weighted by molar-refractivity contribution is 5.81. The van der Waals surface area contributed by atoms with Crippen LogP contribution in [0.15, 0.2) is 6.20 Å². The number of rotatable bonds is 10. The molecule has 2 N–H and O–H groups in total. The van der Waals surface area contributed by atoms with Gasteiger partial charge in [-0.3, -0.25) is 9.69 Å². The molecule has 1 amide bonds. The normalized spacial score (nSPS) is 28.3. The van der Waals surface area contributed by atoms with Crippen LogP contribution in [0.4, 0.5) is 5.82 Å². The van der Waals surface area contributed by atoms with E-state index in [0.29, 0.717) is 24.2 Å². The van der Waals surface area contributed by atoms with E-state index in [0.717, 1.165) is 62.0 Å². The SMILES string of the molecule is CCC(C)CCCC(NC)c1cn2nc(CC3C(=O)NC4CC3C4)c(N3CCN(C)C4(CC4)C3)nc2n1.